The van der Waals surface area contributed by atoms with Crippen LogP contribution in [0.3, 0.4) is 0 Å². The number of rotatable bonds is 2. The molecule has 0 unspecified atom stereocenters. The first-order valence-corrected chi connectivity index (χ1v) is 9.33. The van der Waals surface area contributed by atoms with Gasteiger partial charge in [0, 0.05) is 12.2 Å². The number of thiophene rings is 1. The monoisotopic (exact) mass is 340 g/mol. The highest BCUT2D eigenvalue weighted by molar-refractivity contribution is 7.22. The molecule has 1 amide bonds. The molecule has 1 aliphatic rings. The minimum absolute atomic E-state index is 0.0649. The largest absolute Gasteiger partial charge is 0.307 e. The van der Waals surface area contributed by atoms with Crippen LogP contribution in [0.15, 0.2) is 41.9 Å². The summed E-state index contributed by atoms with van der Waals surface area (Å²) in [5, 5.41) is 2.95. The fourth-order valence-corrected chi connectivity index (χ4v) is 4.63. The third-order valence-electron chi connectivity index (χ3n) is 4.05. The third kappa shape index (κ3) is 2.71. The molecule has 0 fully saturated rings. The number of aromatic nitrogens is 1. The van der Waals surface area contributed by atoms with Crippen LogP contribution in [-0.4, -0.2) is 17.4 Å². The van der Waals surface area contributed by atoms with Crippen LogP contribution in [-0.2, 0) is 6.42 Å². The Morgan fingerprint density at radius 3 is 3.04 bits per heavy atom. The fourth-order valence-electron chi connectivity index (χ4n) is 2.96. The van der Waals surface area contributed by atoms with Gasteiger partial charge in [0.2, 0.25) is 0 Å². The highest BCUT2D eigenvalue weighted by Crippen LogP contribution is 2.33. The van der Waals surface area contributed by atoms with Gasteiger partial charge in [0.1, 0.15) is 9.88 Å². The number of nitrogens with zero attached hydrogens (tertiary/aromatic N) is 2. The Bertz CT molecular complexity index is 852. The maximum Gasteiger partial charge on any atom is 0.270 e. The van der Waals surface area contributed by atoms with Crippen molar-refractivity contribution in [1.29, 1.82) is 0 Å². The first-order chi connectivity index (χ1) is 11.2. The van der Waals surface area contributed by atoms with Gasteiger partial charge in [0.25, 0.3) is 5.91 Å². The van der Waals surface area contributed by atoms with Crippen LogP contribution in [0.2, 0.25) is 0 Å². The quantitative estimate of drug-likeness (QED) is 0.673. The molecule has 0 spiro atoms. The number of fused-ring (bicyclic) bond motifs is 1. The first-order valence-electron chi connectivity index (χ1n) is 7.63. The van der Waals surface area contributed by atoms with Crippen molar-refractivity contribution in [3.8, 4) is 9.88 Å². The highest BCUT2D eigenvalue weighted by Gasteiger charge is 2.25. The first kappa shape index (κ1) is 14.6. The van der Waals surface area contributed by atoms with Crippen molar-refractivity contribution in [2.45, 2.75) is 19.8 Å². The number of aryl methyl sites for hydroxylation is 2. The molecule has 5 heteroatoms. The maximum atomic E-state index is 12.9. The molecule has 0 saturated heterocycles. The zero-order valence-electron chi connectivity index (χ0n) is 12.8. The average molecular weight is 340 g/mol. The molecule has 3 heterocycles. The summed E-state index contributed by atoms with van der Waals surface area (Å²) in [6.45, 7) is 2.87. The predicted octanol–water partition coefficient (Wildman–Crippen LogP) is 4.77. The van der Waals surface area contributed by atoms with Gasteiger partial charge in [0.05, 0.1) is 11.1 Å². The summed E-state index contributed by atoms with van der Waals surface area (Å²) in [6, 6.07) is 10.4. The number of benzene rings is 1. The van der Waals surface area contributed by atoms with Gasteiger partial charge in [-0.2, -0.15) is 0 Å². The Hall–Kier alpha value is -1.98. The Morgan fingerprint density at radius 2 is 2.22 bits per heavy atom. The van der Waals surface area contributed by atoms with Crippen molar-refractivity contribution in [3.63, 3.8) is 0 Å². The van der Waals surface area contributed by atoms with Gasteiger partial charge >= 0.3 is 0 Å². The molecule has 1 aliphatic heterocycles. The molecule has 0 radical (unpaired) electrons. The summed E-state index contributed by atoms with van der Waals surface area (Å²) in [5.41, 5.74) is 3.57. The number of amides is 1. The van der Waals surface area contributed by atoms with Crippen LogP contribution in [0.1, 0.15) is 27.2 Å². The van der Waals surface area contributed by atoms with Crippen LogP contribution in [0.4, 0.5) is 5.69 Å². The molecule has 23 heavy (non-hydrogen) atoms. The van der Waals surface area contributed by atoms with Crippen molar-refractivity contribution in [2.75, 3.05) is 11.4 Å². The number of hydrogen-bond donors (Lipinski definition) is 0. The van der Waals surface area contributed by atoms with Crippen molar-refractivity contribution in [1.82, 2.24) is 4.98 Å². The normalized spacial score (nSPS) is 13.9. The van der Waals surface area contributed by atoms with Gasteiger partial charge in [-0.25, -0.2) is 4.98 Å². The summed E-state index contributed by atoms with van der Waals surface area (Å²) in [6.07, 6.45) is 3.77. The van der Waals surface area contributed by atoms with Crippen molar-refractivity contribution < 1.29 is 4.79 Å². The lowest BCUT2D eigenvalue weighted by molar-refractivity contribution is 0.0989. The molecular formula is C18H16N2OS2. The van der Waals surface area contributed by atoms with E-state index in [1.165, 1.54) is 22.5 Å². The fraction of sp³-hybridized carbons (Fsp3) is 0.222. The van der Waals surface area contributed by atoms with Crippen LogP contribution in [0.25, 0.3) is 9.88 Å². The summed E-state index contributed by atoms with van der Waals surface area (Å²) in [4.78, 5) is 21.1. The minimum Gasteiger partial charge on any atom is -0.307 e. The lowest BCUT2D eigenvalue weighted by atomic mass is 9.99. The SMILES string of the molecule is Cc1ccc2c(c1)CCCN2C(=O)c1cnc(-c2cccs2)s1. The lowest BCUT2D eigenvalue weighted by Crippen LogP contribution is -2.35. The number of anilines is 1. The molecule has 4 rings (SSSR count). The van der Waals surface area contributed by atoms with Crippen molar-refractivity contribution in [3.05, 3.63) is 57.9 Å². The standard InChI is InChI=1S/C18H16N2OS2/c1-12-6-7-14-13(10-12)4-2-8-20(14)18(21)16-11-19-17(23-16)15-5-3-9-22-15/h3,5-7,9-11H,2,4,8H2,1H3. The van der Waals surface area contributed by atoms with Gasteiger partial charge in [-0.3, -0.25) is 4.79 Å². The summed E-state index contributed by atoms with van der Waals surface area (Å²) in [5.74, 6) is 0.0649. The average Bonchev–Trinajstić information content (AvgIpc) is 3.24. The molecule has 0 aliphatic carbocycles. The number of carbonyl (C=O) groups is 1. The van der Waals surface area contributed by atoms with Gasteiger partial charge in [-0.15, -0.1) is 22.7 Å². The summed E-state index contributed by atoms with van der Waals surface area (Å²) < 4.78 is 0. The Morgan fingerprint density at radius 1 is 1.30 bits per heavy atom. The van der Waals surface area contributed by atoms with E-state index in [-0.39, 0.29) is 5.91 Å². The number of carbonyl (C=O) groups excluding carboxylic acids is 1. The van der Waals surface area contributed by atoms with Crippen LogP contribution >= 0.6 is 22.7 Å². The number of thiazole rings is 1. The molecule has 1 aromatic carbocycles. The van der Waals surface area contributed by atoms with Crippen LogP contribution in [0.5, 0.6) is 0 Å². The van der Waals surface area contributed by atoms with Crippen molar-refractivity contribution >= 4 is 34.3 Å². The van der Waals surface area contributed by atoms with Gasteiger partial charge in [-0.05, 0) is 42.8 Å². The maximum absolute atomic E-state index is 12.9. The van der Waals surface area contributed by atoms with E-state index in [4.69, 9.17) is 0 Å². The van der Waals surface area contributed by atoms with Crippen LogP contribution < -0.4 is 4.90 Å². The zero-order chi connectivity index (χ0) is 15.8. The highest BCUT2D eigenvalue weighted by atomic mass is 32.1. The lowest BCUT2D eigenvalue weighted by Gasteiger charge is -2.29. The summed E-state index contributed by atoms with van der Waals surface area (Å²) >= 11 is 3.13. The third-order valence-corrected chi connectivity index (χ3v) is 6.07. The van der Waals surface area contributed by atoms with Gasteiger partial charge < -0.3 is 4.90 Å². The van der Waals surface area contributed by atoms with E-state index in [0.29, 0.717) is 4.88 Å². The zero-order valence-corrected chi connectivity index (χ0v) is 14.4. The smallest absolute Gasteiger partial charge is 0.270 e. The minimum atomic E-state index is 0.0649. The van der Waals surface area contributed by atoms with Crippen LogP contribution in [0, 0.1) is 6.92 Å². The van der Waals surface area contributed by atoms with Crippen molar-refractivity contribution in [2.24, 2.45) is 0 Å². The molecule has 116 valence electrons. The topological polar surface area (TPSA) is 33.2 Å². The molecule has 0 saturated carbocycles. The van der Waals surface area contributed by atoms with Gasteiger partial charge in [-0.1, -0.05) is 23.8 Å². The van der Waals surface area contributed by atoms with E-state index in [1.807, 2.05) is 22.4 Å². The Kier molecular flexibility index (Phi) is 3.75. The second-order valence-corrected chi connectivity index (χ2v) is 7.68. The predicted molar refractivity (Wildman–Crippen MR) is 96.6 cm³/mol. The van der Waals surface area contributed by atoms with E-state index in [2.05, 4.69) is 30.1 Å². The van der Waals surface area contributed by atoms with E-state index in [9.17, 15) is 4.79 Å². The molecule has 0 bridgehead atoms. The molecule has 0 atom stereocenters. The van der Waals surface area contributed by atoms with E-state index in [1.54, 1.807) is 17.5 Å². The molecule has 3 aromatic rings. The summed E-state index contributed by atoms with van der Waals surface area (Å²) in [7, 11) is 0. The molecule has 3 nitrogen and oxygen atoms in total. The van der Waals surface area contributed by atoms with E-state index >= 15 is 0 Å². The van der Waals surface area contributed by atoms with E-state index in [0.717, 1.165) is 35.0 Å². The molecular weight excluding hydrogens is 324 g/mol. The number of hydrogen-bond acceptors (Lipinski definition) is 4. The van der Waals surface area contributed by atoms with E-state index < -0.39 is 0 Å². The Labute approximate surface area is 143 Å². The molecule has 0 N–H and O–H groups in total. The second-order valence-electron chi connectivity index (χ2n) is 5.70. The Balaban J connectivity index is 1.66. The second kappa shape index (κ2) is 5.91. The molecule has 2 aromatic heterocycles. The van der Waals surface area contributed by atoms with Gasteiger partial charge in [0.15, 0.2) is 0 Å².